The molecule has 1 heterocycles. The molecule has 4 rings (SSSR count). The first-order valence-electron chi connectivity index (χ1n) is 8.57. The molecule has 0 atom stereocenters. The summed E-state index contributed by atoms with van der Waals surface area (Å²) < 4.78 is 5.42. The lowest BCUT2D eigenvalue weighted by Gasteiger charge is -2.16. The summed E-state index contributed by atoms with van der Waals surface area (Å²) in [6, 6.07) is 23.3. The van der Waals surface area contributed by atoms with Gasteiger partial charge in [-0.1, -0.05) is 54.6 Å². The highest BCUT2D eigenvalue weighted by molar-refractivity contribution is 8.00. The molecule has 4 nitrogen and oxygen atoms in total. The summed E-state index contributed by atoms with van der Waals surface area (Å²) in [6.07, 6.45) is 0. The van der Waals surface area contributed by atoms with E-state index in [4.69, 9.17) is 4.74 Å². The summed E-state index contributed by atoms with van der Waals surface area (Å²) in [5, 5.41) is 2.78. The third-order valence-electron chi connectivity index (χ3n) is 4.28. The van der Waals surface area contributed by atoms with Gasteiger partial charge in [0, 0.05) is 4.90 Å². The summed E-state index contributed by atoms with van der Waals surface area (Å²) in [6.45, 7) is 0.200. The SMILES string of the molecule is O=C1CSc2ccc(C(=O)OCc3ccc(-c4ccccc4)cc3)cc2N1. The highest BCUT2D eigenvalue weighted by Crippen LogP contribution is 2.32. The lowest BCUT2D eigenvalue weighted by Crippen LogP contribution is -2.19. The Morgan fingerprint density at radius 3 is 2.48 bits per heavy atom. The number of carbonyl (C=O) groups excluding carboxylic acids is 2. The normalized spacial score (nSPS) is 12.8. The number of hydrogen-bond acceptors (Lipinski definition) is 4. The van der Waals surface area contributed by atoms with E-state index >= 15 is 0 Å². The number of ether oxygens (including phenoxy) is 1. The topological polar surface area (TPSA) is 55.4 Å². The van der Waals surface area contributed by atoms with Crippen LogP contribution in [-0.4, -0.2) is 17.6 Å². The van der Waals surface area contributed by atoms with Crippen molar-refractivity contribution in [2.45, 2.75) is 11.5 Å². The van der Waals surface area contributed by atoms with E-state index in [1.807, 2.05) is 48.5 Å². The molecule has 0 aromatic heterocycles. The molecule has 5 heteroatoms. The van der Waals surface area contributed by atoms with E-state index < -0.39 is 5.97 Å². The third-order valence-corrected chi connectivity index (χ3v) is 5.35. The summed E-state index contributed by atoms with van der Waals surface area (Å²) in [4.78, 5) is 24.8. The average Bonchev–Trinajstić information content (AvgIpc) is 2.72. The maximum absolute atomic E-state index is 12.3. The van der Waals surface area contributed by atoms with Crippen molar-refractivity contribution in [1.29, 1.82) is 0 Å². The molecule has 1 N–H and O–H groups in total. The van der Waals surface area contributed by atoms with Crippen molar-refractivity contribution < 1.29 is 14.3 Å². The van der Waals surface area contributed by atoms with Crippen LogP contribution in [0.3, 0.4) is 0 Å². The Morgan fingerprint density at radius 1 is 0.963 bits per heavy atom. The quantitative estimate of drug-likeness (QED) is 0.668. The van der Waals surface area contributed by atoms with Crippen LogP contribution < -0.4 is 5.32 Å². The largest absolute Gasteiger partial charge is 0.457 e. The number of nitrogens with one attached hydrogen (secondary N) is 1. The number of hydrogen-bond donors (Lipinski definition) is 1. The molecular weight excluding hydrogens is 358 g/mol. The van der Waals surface area contributed by atoms with Crippen molar-refractivity contribution in [3.63, 3.8) is 0 Å². The minimum atomic E-state index is -0.408. The van der Waals surface area contributed by atoms with Gasteiger partial charge in [-0.3, -0.25) is 4.79 Å². The first kappa shape index (κ1) is 17.4. The molecule has 3 aromatic rings. The van der Waals surface area contributed by atoms with Crippen molar-refractivity contribution >= 4 is 29.3 Å². The van der Waals surface area contributed by atoms with Crippen molar-refractivity contribution in [1.82, 2.24) is 0 Å². The molecule has 1 aliphatic rings. The van der Waals surface area contributed by atoms with Gasteiger partial charge in [0.1, 0.15) is 6.61 Å². The standard InChI is InChI=1S/C22H17NO3S/c24-21-14-27-20-11-10-18(12-19(20)23-21)22(25)26-13-15-6-8-17(9-7-15)16-4-2-1-3-5-16/h1-12H,13-14H2,(H,23,24). The van der Waals surface area contributed by atoms with Crippen molar-refractivity contribution in [2.75, 3.05) is 11.1 Å². The smallest absolute Gasteiger partial charge is 0.338 e. The minimum Gasteiger partial charge on any atom is -0.457 e. The molecule has 0 bridgehead atoms. The van der Waals surface area contributed by atoms with Crippen LogP contribution in [-0.2, 0) is 16.1 Å². The average molecular weight is 375 g/mol. The number of amides is 1. The number of benzene rings is 3. The first-order chi connectivity index (χ1) is 13.2. The molecule has 0 aliphatic carbocycles. The van der Waals surface area contributed by atoms with E-state index in [0.29, 0.717) is 17.0 Å². The van der Waals surface area contributed by atoms with Crippen LogP contribution in [0.25, 0.3) is 11.1 Å². The Bertz CT molecular complexity index is 984. The fraction of sp³-hybridized carbons (Fsp3) is 0.0909. The third kappa shape index (κ3) is 4.04. The number of esters is 1. The van der Waals surface area contributed by atoms with Crippen LogP contribution in [0.2, 0.25) is 0 Å². The van der Waals surface area contributed by atoms with Gasteiger partial charge >= 0.3 is 5.97 Å². The first-order valence-corrected chi connectivity index (χ1v) is 9.56. The van der Waals surface area contributed by atoms with Gasteiger partial charge < -0.3 is 10.1 Å². The van der Waals surface area contributed by atoms with Crippen LogP contribution in [0.1, 0.15) is 15.9 Å². The van der Waals surface area contributed by atoms with Crippen LogP contribution in [0.4, 0.5) is 5.69 Å². The Kier molecular flexibility index (Phi) is 4.94. The number of anilines is 1. The lowest BCUT2D eigenvalue weighted by molar-refractivity contribution is -0.113. The van der Waals surface area contributed by atoms with Crippen molar-refractivity contribution in [3.8, 4) is 11.1 Å². The second-order valence-electron chi connectivity index (χ2n) is 6.19. The van der Waals surface area contributed by atoms with E-state index in [1.165, 1.54) is 11.8 Å². The zero-order valence-corrected chi connectivity index (χ0v) is 15.3. The molecular formula is C22H17NO3S. The molecule has 134 valence electrons. The molecule has 0 spiro atoms. The zero-order chi connectivity index (χ0) is 18.6. The van der Waals surface area contributed by atoms with Gasteiger partial charge in [-0.2, -0.15) is 0 Å². The van der Waals surface area contributed by atoms with Gasteiger partial charge in [-0.05, 0) is 34.9 Å². The molecule has 27 heavy (non-hydrogen) atoms. The predicted molar refractivity (Wildman–Crippen MR) is 107 cm³/mol. The van der Waals surface area contributed by atoms with Crippen molar-refractivity contribution in [2.24, 2.45) is 0 Å². The molecule has 0 fully saturated rings. The number of thioether (sulfide) groups is 1. The fourth-order valence-corrected chi connectivity index (χ4v) is 3.65. The predicted octanol–water partition coefficient (Wildman–Crippen LogP) is 4.75. The maximum Gasteiger partial charge on any atom is 0.338 e. The number of rotatable bonds is 4. The summed E-state index contributed by atoms with van der Waals surface area (Å²) in [5.74, 6) is -0.0678. The molecule has 3 aromatic carbocycles. The van der Waals surface area contributed by atoms with E-state index in [2.05, 4.69) is 17.4 Å². The Morgan fingerprint density at radius 2 is 1.70 bits per heavy atom. The van der Waals surface area contributed by atoms with Gasteiger partial charge in [-0.25, -0.2) is 4.79 Å². The second-order valence-corrected chi connectivity index (χ2v) is 7.20. The highest BCUT2D eigenvalue weighted by atomic mass is 32.2. The van der Waals surface area contributed by atoms with Crippen LogP contribution in [0.15, 0.2) is 77.7 Å². The Hall–Kier alpha value is -3.05. The monoisotopic (exact) mass is 375 g/mol. The summed E-state index contributed by atoms with van der Waals surface area (Å²) >= 11 is 1.46. The van der Waals surface area contributed by atoms with Gasteiger partial charge in [0.05, 0.1) is 17.0 Å². The van der Waals surface area contributed by atoms with Gasteiger partial charge in [0.2, 0.25) is 5.91 Å². The zero-order valence-electron chi connectivity index (χ0n) is 14.5. The minimum absolute atomic E-state index is 0.0588. The molecule has 0 unspecified atom stereocenters. The van der Waals surface area contributed by atoms with E-state index in [1.54, 1.807) is 12.1 Å². The number of fused-ring (bicyclic) bond motifs is 1. The summed E-state index contributed by atoms with van der Waals surface area (Å²) in [5.41, 5.74) is 4.28. The Labute approximate surface area is 161 Å². The van der Waals surface area contributed by atoms with Gasteiger partial charge in [-0.15, -0.1) is 11.8 Å². The van der Waals surface area contributed by atoms with Crippen LogP contribution >= 0.6 is 11.8 Å². The van der Waals surface area contributed by atoms with Crippen LogP contribution in [0, 0.1) is 0 Å². The second kappa shape index (κ2) is 7.68. The molecule has 0 saturated heterocycles. The highest BCUT2D eigenvalue weighted by Gasteiger charge is 2.17. The van der Waals surface area contributed by atoms with Gasteiger partial charge in [0.25, 0.3) is 0 Å². The number of carbonyl (C=O) groups is 2. The Balaban J connectivity index is 1.41. The van der Waals surface area contributed by atoms with E-state index in [0.717, 1.165) is 21.6 Å². The lowest BCUT2D eigenvalue weighted by atomic mass is 10.0. The van der Waals surface area contributed by atoms with E-state index in [-0.39, 0.29) is 12.5 Å². The summed E-state index contributed by atoms with van der Waals surface area (Å²) in [7, 11) is 0. The molecule has 0 saturated carbocycles. The molecule has 1 aliphatic heterocycles. The van der Waals surface area contributed by atoms with Crippen LogP contribution in [0.5, 0.6) is 0 Å². The fourth-order valence-electron chi connectivity index (χ4n) is 2.87. The maximum atomic E-state index is 12.3. The van der Waals surface area contributed by atoms with Gasteiger partial charge in [0.15, 0.2) is 0 Å². The van der Waals surface area contributed by atoms with Crippen molar-refractivity contribution in [3.05, 3.63) is 83.9 Å². The molecule has 1 amide bonds. The van der Waals surface area contributed by atoms with E-state index in [9.17, 15) is 9.59 Å². The molecule has 0 radical (unpaired) electrons.